The summed E-state index contributed by atoms with van der Waals surface area (Å²) in [5.41, 5.74) is -0.833. The molecule has 0 aliphatic heterocycles. The van der Waals surface area contributed by atoms with Crippen molar-refractivity contribution in [1.29, 1.82) is 0 Å². The largest absolute Gasteiger partial charge is 0.508 e. The van der Waals surface area contributed by atoms with Crippen molar-refractivity contribution < 1.29 is 33.0 Å². The number of halogens is 3. The molecule has 0 saturated carbocycles. The number of carbonyl (C=O) groups excluding carboxylic acids is 1. The second-order valence-corrected chi connectivity index (χ2v) is 4.79. The van der Waals surface area contributed by atoms with Gasteiger partial charge in [0.1, 0.15) is 5.75 Å². The van der Waals surface area contributed by atoms with Gasteiger partial charge in [0, 0.05) is 11.1 Å². The van der Waals surface area contributed by atoms with Crippen LogP contribution in [0.4, 0.5) is 18.9 Å². The Labute approximate surface area is 139 Å². The standard InChI is InChI=1S/C17H10F3NO4/c18-17(19,20)16(25)21-14-11(4-2-6-13(14)15(23)24)8-7-10-3-1-5-12(22)9-10/h1-6,9,22H,(H,21,25)(H,23,24). The number of hydrogen-bond donors (Lipinski definition) is 3. The molecule has 1 amide bonds. The van der Waals surface area contributed by atoms with Gasteiger partial charge in [-0.25, -0.2) is 4.79 Å². The molecule has 5 nitrogen and oxygen atoms in total. The van der Waals surface area contributed by atoms with E-state index in [1.807, 2.05) is 0 Å². The van der Waals surface area contributed by atoms with Crippen molar-refractivity contribution in [3.8, 4) is 17.6 Å². The second kappa shape index (κ2) is 6.97. The van der Waals surface area contributed by atoms with Crippen molar-refractivity contribution >= 4 is 17.6 Å². The molecular weight excluding hydrogens is 339 g/mol. The number of anilines is 1. The van der Waals surface area contributed by atoms with Crippen LogP contribution in [-0.2, 0) is 4.79 Å². The molecule has 0 atom stereocenters. The number of rotatable bonds is 2. The highest BCUT2D eigenvalue weighted by Crippen LogP contribution is 2.24. The predicted octanol–water partition coefficient (Wildman–Crippen LogP) is 2.99. The number of nitrogens with one attached hydrogen (secondary N) is 1. The molecule has 8 heteroatoms. The molecule has 0 bridgehead atoms. The van der Waals surface area contributed by atoms with Gasteiger partial charge in [0.05, 0.1) is 11.3 Å². The number of hydrogen-bond acceptors (Lipinski definition) is 3. The SMILES string of the molecule is O=C(O)c1cccc(C#Cc2cccc(O)c2)c1NC(=O)C(F)(F)F. The number of phenolic OH excluding ortho intramolecular Hbond substituents is 1. The van der Waals surface area contributed by atoms with Gasteiger partial charge in [-0.1, -0.05) is 24.0 Å². The Morgan fingerprint density at radius 1 is 1.04 bits per heavy atom. The van der Waals surface area contributed by atoms with Gasteiger partial charge in [0.15, 0.2) is 0 Å². The van der Waals surface area contributed by atoms with Crippen LogP contribution < -0.4 is 5.32 Å². The molecule has 25 heavy (non-hydrogen) atoms. The average Bonchev–Trinajstić information content (AvgIpc) is 2.52. The molecule has 0 aliphatic carbocycles. The van der Waals surface area contributed by atoms with E-state index in [2.05, 4.69) is 11.8 Å². The third kappa shape index (κ3) is 4.51. The first-order valence-corrected chi connectivity index (χ1v) is 6.74. The average molecular weight is 349 g/mol. The van der Waals surface area contributed by atoms with Crippen molar-refractivity contribution in [3.63, 3.8) is 0 Å². The lowest BCUT2D eigenvalue weighted by Gasteiger charge is -2.12. The van der Waals surface area contributed by atoms with Gasteiger partial charge in [-0.2, -0.15) is 13.2 Å². The van der Waals surface area contributed by atoms with Gasteiger partial charge in [-0.05, 0) is 30.3 Å². The highest BCUT2D eigenvalue weighted by Gasteiger charge is 2.39. The van der Waals surface area contributed by atoms with Gasteiger partial charge in [-0.3, -0.25) is 4.79 Å². The molecule has 3 N–H and O–H groups in total. The summed E-state index contributed by atoms with van der Waals surface area (Å²) in [4.78, 5) is 22.4. The van der Waals surface area contributed by atoms with Gasteiger partial charge in [-0.15, -0.1) is 0 Å². The molecule has 0 aromatic heterocycles. The fourth-order valence-electron chi connectivity index (χ4n) is 1.88. The Hall–Kier alpha value is -3.47. The molecule has 0 heterocycles. The normalized spacial score (nSPS) is 10.5. The van der Waals surface area contributed by atoms with Crippen LogP contribution in [0.25, 0.3) is 0 Å². The van der Waals surface area contributed by atoms with Crippen LogP contribution in [-0.4, -0.2) is 28.3 Å². The summed E-state index contributed by atoms with van der Waals surface area (Å²) in [5.74, 6) is 1.21. The zero-order valence-corrected chi connectivity index (χ0v) is 12.4. The lowest BCUT2D eigenvalue weighted by atomic mass is 10.1. The number of phenols is 1. The van der Waals surface area contributed by atoms with Crippen molar-refractivity contribution in [2.45, 2.75) is 6.18 Å². The number of alkyl halides is 3. The molecule has 2 aromatic rings. The van der Waals surface area contributed by atoms with Crippen LogP contribution in [0.1, 0.15) is 21.5 Å². The van der Waals surface area contributed by atoms with Crippen LogP contribution in [0, 0.1) is 11.8 Å². The minimum absolute atomic E-state index is 0.0586. The lowest BCUT2D eigenvalue weighted by molar-refractivity contribution is -0.167. The van der Waals surface area contributed by atoms with Crippen LogP contribution in [0.5, 0.6) is 5.75 Å². The zero-order valence-electron chi connectivity index (χ0n) is 12.4. The number of aromatic carboxylic acids is 1. The van der Waals surface area contributed by atoms with Crippen molar-refractivity contribution in [1.82, 2.24) is 0 Å². The van der Waals surface area contributed by atoms with E-state index in [-0.39, 0.29) is 11.3 Å². The number of amides is 1. The summed E-state index contributed by atoms with van der Waals surface area (Å²) in [7, 11) is 0. The molecule has 0 unspecified atom stereocenters. The Morgan fingerprint density at radius 3 is 2.32 bits per heavy atom. The minimum Gasteiger partial charge on any atom is -0.508 e. The molecule has 128 valence electrons. The van der Waals surface area contributed by atoms with Crippen molar-refractivity contribution in [2.75, 3.05) is 5.32 Å². The van der Waals surface area contributed by atoms with Gasteiger partial charge in [0.25, 0.3) is 0 Å². The molecule has 0 aliphatic rings. The maximum absolute atomic E-state index is 12.5. The van der Waals surface area contributed by atoms with E-state index in [9.17, 15) is 27.9 Å². The second-order valence-electron chi connectivity index (χ2n) is 4.79. The van der Waals surface area contributed by atoms with Crippen LogP contribution in [0.3, 0.4) is 0 Å². The Balaban J connectivity index is 2.50. The first-order chi connectivity index (χ1) is 11.7. The number of carboxylic acids is 1. The molecular formula is C17H10F3NO4. The fraction of sp³-hybridized carbons (Fsp3) is 0.0588. The predicted molar refractivity (Wildman–Crippen MR) is 82.2 cm³/mol. The molecule has 2 aromatic carbocycles. The van der Waals surface area contributed by atoms with E-state index in [0.717, 1.165) is 6.07 Å². The molecule has 2 rings (SSSR count). The van der Waals surface area contributed by atoms with Crippen LogP contribution >= 0.6 is 0 Å². The highest BCUT2D eigenvalue weighted by atomic mass is 19.4. The molecule has 0 spiro atoms. The Bertz CT molecular complexity index is 895. The number of carboxylic acid groups (broad SMARTS) is 1. The van der Waals surface area contributed by atoms with E-state index < -0.39 is 29.3 Å². The topological polar surface area (TPSA) is 86.6 Å². The highest BCUT2D eigenvalue weighted by molar-refractivity contribution is 6.03. The van der Waals surface area contributed by atoms with Crippen LogP contribution in [0.2, 0.25) is 0 Å². The Kier molecular flexibility index (Phi) is 4.98. The van der Waals surface area contributed by atoms with Crippen LogP contribution in [0.15, 0.2) is 42.5 Å². The summed E-state index contributed by atoms with van der Waals surface area (Å²) in [6.45, 7) is 0. The summed E-state index contributed by atoms with van der Waals surface area (Å²) in [5, 5.41) is 20.0. The van der Waals surface area contributed by atoms with Crippen molar-refractivity contribution in [3.05, 3.63) is 59.2 Å². The minimum atomic E-state index is -5.18. The maximum atomic E-state index is 12.5. The first-order valence-electron chi connectivity index (χ1n) is 6.74. The van der Waals surface area contributed by atoms with E-state index in [1.165, 1.54) is 30.3 Å². The molecule has 0 saturated heterocycles. The van der Waals surface area contributed by atoms with E-state index in [0.29, 0.717) is 5.56 Å². The first kappa shape index (κ1) is 17.9. The quantitative estimate of drug-likeness (QED) is 0.728. The zero-order chi connectivity index (χ0) is 18.6. The summed E-state index contributed by atoms with van der Waals surface area (Å²) in [6.07, 6.45) is -5.18. The summed E-state index contributed by atoms with van der Waals surface area (Å²) in [6, 6.07) is 9.40. The van der Waals surface area contributed by atoms with E-state index >= 15 is 0 Å². The van der Waals surface area contributed by atoms with Crippen molar-refractivity contribution in [2.24, 2.45) is 0 Å². The van der Waals surface area contributed by atoms with Gasteiger partial charge >= 0.3 is 18.1 Å². The third-order valence-corrected chi connectivity index (χ3v) is 2.98. The Morgan fingerprint density at radius 2 is 1.72 bits per heavy atom. The van der Waals surface area contributed by atoms with E-state index in [1.54, 1.807) is 11.4 Å². The molecule has 0 radical (unpaired) electrons. The number of carbonyl (C=O) groups is 2. The summed E-state index contributed by atoms with van der Waals surface area (Å²) < 4.78 is 37.4. The number of benzene rings is 2. The van der Waals surface area contributed by atoms with Gasteiger partial charge in [0.2, 0.25) is 0 Å². The lowest BCUT2D eigenvalue weighted by Crippen LogP contribution is -2.31. The fourth-order valence-corrected chi connectivity index (χ4v) is 1.88. The van der Waals surface area contributed by atoms with E-state index in [4.69, 9.17) is 5.11 Å². The number of aromatic hydroxyl groups is 1. The number of para-hydroxylation sites is 1. The molecule has 0 fully saturated rings. The third-order valence-electron chi connectivity index (χ3n) is 2.98. The maximum Gasteiger partial charge on any atom is 0.471 e. The monoisotopic (exact) mass is 349 g/mol. The van der Waals surface area contributed by atoms with Gasteiger partial charge < -0.3 is 15.5 Å². The summed E-state index contributed by atoms with van der Waals surface area (Å²) >= 11 is 0. The smallest absolute Gasteiger partial charge is 0.471 e.